The third-order valence-electron chi connectivity index (χ3n) is 5.72. The van der Waals surface area contributed by atoms with E-state index in [1.165, 1.54) is 0 Å². The summed E-state index contributed by atoms with van der Waals surface area (Å²) < 4.78 is 13.2. The number of hydrogen-bond donors (Lipinski definition) is 2. The van der Waals surface area contributed by atoms with E-state index in [1.807, 2.05) is 26.8 Å². The van der Waals surface area contributed by atoms with Gasteiger partial charge in [-0.3, -0.25) is 4.79 Å². The smallest absolute Gasteiger partial charge is 0.255 e. The molecule has 178 valence electrons. The van der Waals surface area contributed by atoms with Crippen LogP contribution >= 0.6 is 11.3 Å². The lowest BCUT2D eigenvalue weighted by molar-refractivity contribution is 0.0283. The summed E-state index contributed by atoms with van der Waals surface area (Å²) in [7, 11) is 0. The van der Waals surface area contributed by atoms with Gasteiger partial charge < -0.3 is 19.9 Å². The first-order valence-corrected chi connectivity index (χ1v) is 12.1. The first-order valence-electron chi connectivity index (χ1n) is 11.3. The Morgan fingerprint density at radius 1 is 1.36 bits per heavy atom. The van der Waals surface area contributed by atoms with Crippen molar-refractivity contribution in [3.05, 3.63) is 40.0 Å². The summed E-state index contributed by atoms with van der Waals surface area (Å²) in [5.74, 6) is 1.75. The molecule has 0 radical (unpaired) electrons. The van der Waals surface area contributed by atoms with E-state index in [-0.39, 0.29) is 24.7 Å². The van der Waals surface area contributed by atoms with Crippen molar-refractivity contribution >= 4 is 22.8 Å². The van der Waals surface area contributed by atoms with Gasteiger partial charge in [-0.2, -0.15) is 5.10 Å². The van der Waals surface area contributed by atoms with Gasteiger partial charge in [0.1, 0.15) is 18.5 Å². The first-order chi connectivity index (χ1) is 15.6. The normalized spacial score (nSPS) is 19.2. The Hall–Kier alpha value is -2.65. The third-order valence-corrected chi connectivity index (χ3v) is 6.59. The zero-order valence-electron chi connectivity index (χ0n) is 19.8. The minimum Gasteiger partial charge on any atom is -0.489 e. The van der Waals surface area contributed by atoms with E-state index in [4.69, 9.17) is 9.47 Å². The Morgan fingerprint density at radius 2 is 2.12 bits per heavy atom. The number of rotatable bonds is 9. The monoisotopic (exact) mass is 472 g/mol. The van der Waals surface area contributed by atoms with Gasteiger partial charge in [-0.1, -0.05) is 0 Å². The Labute approximate surface area is 197 Å². The molecule has 1 amide bonds. The number of pyridine rings is 1. The molecule has 8 nitrogen and oxygen atoms in total. The number of aryl methyl sites for hydroxylation is 2. The quantitative estimate of drug-likeness (QED) is 0.490. The van der Waals surface area contributed by atoms with Crippen molar-refractivity contribution in [1.82, 2.24) is 19.9 Å². The van der Waals surface area contributed by atoms with Gasteiger partial charge in [0.2, 0.25) is 5.88 Å². The molecule has 3 aromatic heterocycles. The fourth-order valence-corrected chi connectivity index (χ4v) is 4.84. The van der Waals surface area contributed by atoms with Gasteiger partial charge >= 0.3 is 0 Å². The number of aliphatic hydroxyl groups is 1. The van der Waals surface area contributed by atoms with Crippen LogP contribution in [-0.2, 0) is 0 Å². The molecule has 4 rings (SSSR count). The molecule has 2 N–H and O–H groups in total. The molecule has 0 aromatic carbocycles. The molecular weight excluding hydrogens is 440 g/mol. The van der Waals surface area contributed by atoms with E-state index in [0.29, 0.717) is 22.7 Å². The summed E-state index contributed by atoms with van der Waals surface area (Å²) in [5, 5.41) is 18.2. The average molecular weight is 473 g/mol. The van der Waals surface area contributed by atoms with Crippen LogP contribution in [0.25, 0.3) is 5.52 Å². The lowest BCUT2D eigenvalue weighted by Crippen LogP contribution is -2.40. The van der Waals surface area contributed by atoms with Crippen LogP contribution in [-0.4, -0.2) is 50.0 Å². The number of carbonyl (C=O) groups is 1. The summed E-state index contributed by atoms with van der Waals surface area (Å²) in [6, 6.07) is 3.64. The molecule has 0 spiro atoms. The standard InChI is InChI=1S/C24H32N4O4S/c1-14(8-17-9-19(10-17)32-23-15(2)33-16(3)27-23)26-22(29)20-11-25-28-12-18(6-7-21(20)28)31-13-24(4,5)30/h6-7,11-12,14,17,19,30H,8-10,13H2,1-5H3,(H,26,29)/t14-,17?,19?/m0/s1. The average Bonchev–Trinajstić information content (AvgIpc) is 3.26. The van der Waals surface area contributed by atoms with Gasteiger partial charge in [0.05, 0.1) is 39.0 Å². The van der Waals surface area contributed by atoms with Crippen LogP contribution < -0.4 is 14.8 Å². The molecule has 1 aliphatic carbocycles. The maximum absolute atomic E-state index is 12.8. The highest BCUT2D eigenvalue weighted by Crippen LogP contribution is 2.36. The molecule has 1 fully saturated rings. The topological polar surface area (TPSA) is 98.0 Å². The van der Waals surface area contributed by atoms with Crippen LogP contribution in [0.3, 0.4) is 0 Å². The highest BCUT2D eigenvalue weighted by Gasteiger charge is 2.33. The molecule has 0 saturated heterocycles. The van der Waals surface area contributed by atoms with Gasteiger partial charge in [-0.05, 0) is 71.9 Å². The second-order valence-electron chi connectivity index (χ2n) is 9.64. The summed E-state index contributed by atoms with van der Waals surface area (Å²) in [5.41, 5.74) is 0.312. The Balaban J connectivity index is 1.27. The van der Waals surface area contributed by atoms with Crippen LogP contribution in [0.1, 0.15) is 60.3 Å². The molecule has 0 unspecified atom stereocenters. The van der Waals surface area contributed by atoms with Crippen molar-refractivity contribution in [2.24, 2.45) is 5.92 Å². The molecule has 1 saturated carbocycles. The molecule has 1 atom stereocenters. The minimum absolute atomic E-state index is 0.0519. The van der Waals surface area contributed by atoms with Crippen molar-refractivity contribution < 1.29 is 19.4 Å². The molecule has 33 heavy (non-hydrogen) atoms. The van der Waals surface area contributed by atoms with Gasteiger partial charge in [0.25, 0.3) is 5.91 Å². The molecule has 0 bridgehead atoms. The number of amides is 1. The summed E-state index contributed by atoms with van der Waals surface area (Å²) in [4.78, 5) is 18.4. The zero-order chi connectivity index (χ0) is 23.8. The van der Waals surface area contributed by atoms with E-state index in [2.05, 4.69) is 15.4 Å². The van der Waals surface area contributed by atoms with E-state index in [9.17, 15) is 9.90 Å². The van der Waals surface area contributed by atoms with Gasteiger partial charge in [-0.15, -0.1) is 11.3 Å². The second kappa shape index (κ2) is 9.30. The highest BCUT2D eigenvalue weighted by atomic mass is 32.1. The minimum atomic E-state index is -0.925. The van der Waals surface area contributed by atoms with E-state index < -0.39 is 5.60 Å². The molecular formula is C24H32N4O4S. The fraction of sp³-hybridized carbons (Fsp3) is 0.542. The van der Waals surface area contributed by atoms with Crippen LogP contribution in [0.2, 0.25) is 0 Å². The predicted octanol–water partition coefficient (Wildman–Crippen LogP) is 3.92. The Bertz CT molecular complexity index is 1130. The predicted molar refractivity (Wildman–Crippen MR) is 127 cm³/mol. The molecule has 1 aliphatic rings. The molecule has 0 aliphatic heterocycles. The molecule has 3 heterocycles. The van der Waals surface area contributed by atoms with Gasteiger partial charge in [0, 0.05) is 6.04 Å². The SMILES string of the molecule is Cc1nc(OC2CC(C[C@H](C)NC(=O)c3cnn4cc(OCC(C)(C)O)ccc34)C2)c(C)s1. The van der Waals surface area contributed by atoms with Crippen LogP contribution in [0, 0.1) is 19.8 Å². The lowest BCUT2D eigenvalue weighted by atomic mass is 9.78. The number of thiazole rings is 1. The largest absolute Gasteiger partial charge is 0.489 e. The Morgan fingerprint density at radius 3 is 2.79 bits per heavy atom. The number of carbonyl (C=O) groups excluding carboxylic acids is 1. The molecule has 9 heteroatoms. The molecule has 3 aromatic rings. The maximum Gasteiger partial charge on any atom is 0.255 e. The number of ether oxygens (including phenoxy) is 2. The third kappa shape index (κ3) is 5.83. The second-order valence-corrected chi connectivity index (χ2v) is 11.0. The lowest BCUT2D eigenvalue weighted by Gasteiger charge is -2.36. The van der Waals surface area contributed by atoms with Crippen molar-refractivity contribution in [1.29, 1.82) is 0 Å². The van der Waals surface area contributed by atoms with Crippen LogP contribution in [0.15, 0.2) is 24.5 Å². The van der Waals surface area contributed by atoms with Crippen molar-refractivity contribution in [2.75, 3.05) is 6.61 Å². The first kappa shape index (κ1) is 23.5. The highest BCUT2D eigenvalue weighted by molar-refractivity contribution is 7.11. The summed E-state index contributed by atoms with van der Waals surface area (Å²) in [6.45, 7) is 9.60. The van der Waals surface area contributed by atoms with Crippen molar-refractivity contribution in [2.45, 2.75) is 71.6 Å². The van der Waals surface area contributed by atoms with E-state index in [0.717, 1.165) is 35.0 Å². The number of nitrogens with zero attached hydrogens (tertiary/aromatic N) is 3. The van der Waals surface area contributed by atoms with E-state index in [1.54, 1.807) is 48.2 Å². The maximum atomic E-state index is 12.8. The number of nitrogens with one attached hydrogen (secondary N) is 1. The van der Waals surface area contributed by atoms with Crippen molar-refractivity contribution in [3.8, 4) is 11.6 Å². The van der Waals surface area contributed by atoms with Crippen LogP contribution in [0.4, 0.5) is 0 Å². The zero-order valence-corrected chi connectivity index (χ0v) is 20.6. The van der Waals surface area contributed by atoms with Gasteiger partial charge in [0.15, 0.2) is 0 Å². The number of aromatic nitrogens is 3. The Kier molecular flexibility index (Phi) is 6.63. The summed E-state index contributed by atoms with van der Waals surface area (Å²) >= 11 is 1.66. The number of hydrogen-bond acceptors (Lipinski definition) is 7. The van der Waals surface area contributed by atoms with Crippen molar-refractivity contribution in [3.63, 3.8) is 0 Å². The number of fused-ring (bicyclic) bond motifs is 1. The van der Waals surface area contributed by atoms with Gasteiger partial charge in [-0.25, -0.2) is 9.50 Å². The summed E-state index contributed by atoms with van der Waals surface area (Å²) in [6.07, 6.45) is 6.38. The fourth-order valence-electron chi connectivity index (χ4n) is 4.09. The van der Waals surface area contributed by atoms with Crippen LogP contribution in [0.5, 0.6) is 11.6 Å². The van der Waals surface area contributed by atoms with E-state index >= 15 is 0 Å².